The number of allylic oxidation sites excluding steroid dienone is 1. The van der Waals surface area contributed by atoms with Gasteiger partial charge >= 0.3 is 0 Å². The van der Waals surface area contributed by atoms with E-state index in [9.17, 15) is 4.79 Å². The third-order valence-corrected chi connectivity index (χ3v) is 2.92. The average Bonchev–Trinajstić information content (AvgIpc) is 2.81. The van der Waals surface area contributed by atoms with Gasteiger partial charge in [0.25, 0.3) is 0 Å². The zero-order valence-corrected chi connectivity index (χ0v) is 9.48. The Morgan fingerprint density at radius 1 is 1.38 bits per heavy atom. The van der Waals surface area contributed by atoms with Gasteiger partial charge in [-0.2, -0.15) is 0 Å². The van der Waals surface area contributed by atoms with Crippen molar-refractivity contribution in [3.63, 3.8) is 0 Å². The fourth-order valence-corrected chi connectivity index (χ4v) is 1.94. The van der Waals surface area contributed by atoms with E-state index in [0.717, 1.165) is 10.4 Å². The second-order valence-corrected chi connectivity index (χ2v) is 4.33. The topological polar surface area (TPSA) is 30.0 Å². The van der Waals surface area contributed by atoms with Crippen molar-refractivity contribution in [2.24, 2.45) is 0 Å². The number of hydrogen-bond donors (Lipinski definition) is 0. The van der Waals surface area contributed by atoms with Gasteiger partial charge in [0.2, 0.25) is 0 Å². The number of hydrogen-bond acceptors (Lipinski definition) is 3. The zero-order valence-electron chi connectivity index (χ0n) is 8.67. The van der Waals surface area contributed by atoms with Gasteiger partial charge in [-0.3, -0.25) is 9.78 Å². The predicted molar refractivity (Wildman–Crippen MR) is 66.3 cm³/mol. The van der Waals surface area contributed by atoms with E-state index in [2.05, 4.69) is 4.98 Å². The average molecular weight is 229 g/mol. The molecule has 0 atom stereocenters. The minimum atomic E-state index is 0.0985. The first-order valence-corrected chi connectivity index (χ1v) is 5.86. The first-order chi connectivity index (χ1) is 7.84. The fraction of sp³-hybridized carbons (Fsp3) is 0.0769. The summed E-state index contributed by atoms with van der Waals surface area (Å²) >= 11 is 1.62. The molecule has 0 N–H and O–H groups in total. The standard InChI is InChI=1S/C13H11NOS/c15-12(5-6-13-4-2-8-16-13)9-11-3-1-7-14-10-11/h1-8,10H,9H2. The maximum atomic E-state index is 11.6. The summed E-state index contributed by atoms with van der Waals surface area (Å²) in [6.07, 6.45) is 7.31. The Hall–Kier alpha value is -1.74. The Balaban J connectivity index is 1.95. The van der Waals surface area contributed by atoms with E-state index in [1.807, 2.05) is 35.7 Å². The van der Waals surface area contributed by atoms with E-state index < -0.39 is 0 Å². The van der Waals surface area contributed by atoms with Crippen LogP contribution in [-0.2, 0) is 11.2 Å². The molecule has 2 heterocycles. The van der Waals surface area contributed by atoms with Crippen LogP contribution in [0.15, 0.2) is 48.1 Å². The SMILES string of the molecule is O=C(C=Cc1cccs1)Cc1cccnc1. The van der Waals surface area contributed by atoms with E-state index >= 15 is 0 Å². The summed E-state index contributed by atoms with van der Waals surface area (Å²) in [4.78, 5) is 16.7. The molecule has 0 saturated carbocycles. The molecule has 2 rings (SSSR count). The van der Waals surface area contributed by atoms with Gasteiger partial charge in [0.1, 0.15) is 0 Å². The molecule has 0 aliphatic rings. The van der Waals surface area contributed by atoms with Gasteiger partial charge < -0.3 is 0 Å². The lowest BCUT2D eigenvalue weighted by molar-refractivity contribution is -0.113. The minimum absolute atomic E-state index is 0.0985. The highest BCUT2D eigenvalue weighted by molar-refractivity contribution is 7.10. The number of rotatable bonds is 4. The Labute approximate surface area is 98.3 Å². The molecule has 0 aliphatic heterocycles. The van der Waals surface area contributed by atoms with Crippen molar-refractivity contribution in [1.82, 2.24) is 4.98 Å². The van der Waals surface area contributed by atoms with Crippen LogP contribution in [0.25, 0.3) is 6.08 Å². The molecule has 2 aromatic heterocycles. The number of nitrogens with zero attached hydrogens (tertiary/aromatic N) is 1. The molecule has 0 aromatic carbocycles. The summed E-state index contributed by atoms with van der Waals surface area (Å²) < 4.78 is 0. The normalized spacial score (nSPS) is 10.8. The van der Waals surface area contributed by atoms with Crippen LogP contribution in [0.5, 0.6) is 0 Å². The summed E-state index contributed by atoms with van der Waals surface area (Å²) in [7, 11) is 0. The summed E-state index contributed by atoms with van der Waals surface area (Å²) in [5.41, 5.74) is 0.948. The molecule has 0 unspecified atom stereocenters. The Morgan fingerprint density at radius 3 is 3.00 bits per heavy atom. The molecule has 0 fully saturated rings. The molecule has 0 saturated heterocycles. The molecular weight excluding hydrogens is 218 g/mol. The number of aromatic nitrogens is 1. The lowest BCUT2D eigenvalue weighted by Gasteiger charge is -1.94. The second-order valence-electron chi connectivity index (χ2n) is 3.35. The van der Waals surface area contributed by atoms with Crippen LogP contribution in [0.4, 0.5) is 0 Å². The van der Waals surface area contributed by atoms with Gasteiger partial charge in [-0.05, 0) is 35.2 Å². The highest BCUT2D eigenvalue weighted by Gasteiger charge is 1.99. The highest BCUT2D eigenvalue weighted by atomic mass is 32.1. The van der Waals surface area contributed by atoms with E-state index in [4.69, 9.17) is 0 Å². The molecule has 2 nitrogen and oxygen atoms in total. The summed E-state index contributed by atoms with van der Waals surface area (Å²) in [6.45, 7) is 0. The van der Waals surface area contributed by atoms with Gasteiger partial charge in [-0.1, -0.05) is 12.1 Å². The van der Waals surface area contributed by atoms with Gasteiger partial charge in [0.05, 0.1) is 0 Å². The van der Waals surface area contributed by atoms with Crippen LogP contribution in [0, 0.1) is 0 Å². The number of ketones is 1. The Bertz CT molecular complexity index is 474. The molecular formula is C13H11NOS. The van der Waals surface area contributed by atoms with Gasteiger partial charge in [0.15, 0.2) is 5.78 Å². The molecule has 0 spiro atoms. The third kappa shape index (κ3) is 3.14. The first kappa shape index (κ1) is 10.8. The maximum absolute atomic E-state index is 11.6. The van der Waals surface area contributed by atoms with Gasteiger partial charge in [0, 0.05) is 23.7 Å². The molecule has 0 amide bonds. The predicted octanol–water partition coefficient (Wildman–Crippen LogP) is 2.97. The van der Waals surface area contributed by atoms with E-state index in [-0.39, 0.29) is 5.78 Å². The van der Waals surface area contributed by atoms with Crippen LogP contribution in [0.3, 0.4) is 0 Å². The molecule has 0 radical (unpaired) electrons. The van der Waals surface area contributed by atoms with Crippen molar-refractivity contribution in [3.8, 4) is 0 Å². The second kappa shape index (κ2) is 5.37. The van der Waals surface area contributed by atoms with Crippen molar-refractivity contribution in [1.29, 1.82) is 0 Å². The van der Waals surface area contributed by atoms with E-state index in [1.54, 1.807) is 29.8 Å². The molecule has 80 valence electrons. The van der Waals surface area contributed by atoms with Crippen LogP contribution < -0.4 is 0 Å². The van der Waals surface area contributed by atoms with Crippen molar-refractivity contribution in [3.05, 3.63) is 58.6 Å². The smallest absolute Gasteiger partial charge is 0.160 e. The summed E-state index contributed by atoms with van der Waals surface area (Å²) in [5, 5.41) is 1.99. The summed E-state index contributed by atoms with van der Waals surface area (Å²) in [5.74, 6) is 0.0985. The van der Waals surface area contributed by atoms with Crippen LogP contribution in [0.2, 0.25) is 0 Å². The molecule has 16 heavy (non-hydrogen) atoms. The first-order valence-electron chi connectivity index (χ1n) is 4.98. The monoisotopic (exact) mass is 229 g/mol. The van der Waals surface area contributed by atoms with Crippen LogP contribution >= 0.6 is 11.3 Å². The van der Waals surface area contributed by atoms with Crippen molar-refractivity contribution in [2.45, 2.75) is 6.42 Å². The molecule has 0 aliphatic carbocycles. The van der Waals surface area contributed by atoms with Crippen molar-refractivity contribution >= 4 is 23.2 Å². The molecule has 0 bridgehead atoms. The minimum Gasteiger partial charge on any atom is -0.294 e. The van der Waals surface area contributed by atoms with Crippen LogP contribution in [0.1, 0.15) is 10.4 Å². The lowest BCUT2D eigenvalue weighted by atomic mass is 10.1. The Kier molecular flexibility index (Phi) is 3.62. The van der Waals surface area contributed by atoms with Crippen molar-refractivity contribution in [2.75, 3.05) is 0 Å². The lowest BCUT2D eigenvalue weighted by Crippen LogP contribution is -1.98. The van der Waals surface area contributed by atoms with E-state index in [1.165, 1.54) is 0 Å². The van der Waals surface area contributed by atoms with E-state index in [0.29, 0.717) is 6.42 Å². The number of thiophene rings is 1. The largest absolute Gasteiger partial charge is 0.294 e. The maximum Gasteiger partial charge on any atom is 0.160 e. The molecule has 3 heteroatoms. The Morgan fingerprint density at radius 2 is 2.31 bits per heavy atom. The summed E-state index contributed by atoms with van der Waals surface area (Å²) in [6, 6.07) is 7.70. The fourth-order valence-electron chi connectivity index (χ4n) is 1.32. The third-order valence-electron chi connectivity index (χ3n) is 2.08. The van der Waals surface area contributed by atoms with Gasteiger partial charge in [-0.15, -0.1) is 11.3 Å². The van der Waals surface area contributed by atoms with Crippen molar-refractivity contribution < 1.29 is 4.79 Å². The van der Waals surface area contributed by atoms with Crippen LogP contribution in [-0.4, -0.2) is 10.8 Å². The highest BCUT2D eigenvalue weighted by Crippen LogP contribution is 2.10. The number of carbonyl (C=O) groups excluding carboxylic acids is 1. The molecule has 2 aromatic rings. The van der Waals surface area contributed by atoms with Gasteiger partial charge in [-0.25, -0.2) is 0 Å². The zero-order chi connectivity index (χ0) is 11.2. The quantitative estimate of drug-likeness (QED) is 0.754. The number of carbonyl (C=O) groups is 1. The number of pyridine rings is 1.